The summed E-state index contributed by atoms with van der Waals surface area (Å²) in [5.74, 6) is 1.15. The highest BCUT2D eigenvalue weighted by Gasteiger charge is 2.58. The molecule has 0 amide bonds. The van der Waals surface area contributed by atoms with Crippen LogP contribution in [0.25, 0.3) is 0 Å². The predicted octanol–water partition coefficient (Wildman–Crippen LogP) is 5.48. The molecule has 0 unspecified atom stereocenters. The number of phenols is 2. The van der Waals surface area contributed by atoms with Crippen LogP contribution >= 0.6 is 24.8 Å². The van der Waals surface area contributed by atoms with Crippen LogP contribution in [0.1, 0.15) is 63.7 Å². The van der Waals surface area contributed by atoms with E-state index in [1.807, 2.05) is 0 Å². The minimum atomic E-state index is -0.0977. The minimum absolute atomic E-state index is 0. The summed E-state index contributed by atoms with van der Waals surface area (Å²) in [6.07, 6.45) is 4.64. The quantitative estimate of drug-likeness (QED) is 0.521. The fourth-order valence-corrected chi connectivity index (χ4v) is 7.57. The molecule has 1 aliphatic heterocycles. The second kappa shape index (κ2) is 10.9. The molecule has 7 heteroatoms. The van der Waals surface area contributed by atoms with Crippen molar-refractivity contribution in [3.63, 3.8) is 0 Å². The summed E-state index contributed by atoms with van der Waals surface area (Å²) in [5.41, 5.74) is 0.605. The Morgan fingerprint density at radius 3 is 2.18 bits per heavy atom. The number of halogens is 2. The van der Waals surface area contributed by atoms with Crippen molar-refractivity contribution < 1.29 is 15.0 Å². The molecule has 1 saturated heterocycles. The SMILES string of the molecule is C[C@H]1[C@@H](CN2CCN(C)CC2)C[C@H]2C(C)(C)CCC[C@@]2(C)[C@H]1C(=O)c1cc(O)cc(O)c1.Cl.Cl. The Bertz CT molecular complexity index is 836. The number of carbonyl (C=O) groups is 1. The Balaban J connectivity index is 0.00000204. The molecule has 0 aromatic heterocycles. The molecule has 5 atom stereocenters. The number of fused-ring (bicyclic) bond motifs is 1. The molecule has 4 rings (SSSR count). The zero-order chi connectivity index (χ0) is 23.3. The Hall–Kier alpha value is -1.01. The molecule has 5 nitrogen and oxygen atoms in total. The summed E-state index contributed by atoms with van der Waals surface area (Å²) >= 11 is 0. The van der Waals surface area contributed by atoms with Crippen molar-refractivity contribution in [1.29, 1.82) is 0 Å². The van der Waals surface area contributed by atoms with E-state index in [1.54, 1.807) is 0 Å². The lowest BCUT2D eigenvalue weighted by Crippen LogP contribution is -2.58. The number of benzene rings is 1. The maximum Gasteiger partial charge on any atom is 0.167 e. The maximum atomic E-state index is 14.0. The van der Waals surface area contributed by atoms with Crippen molar-refractivity contribution in [2.45, 2.75) is 53.4 Å². The molecule has 34 heavy (non-hydrogen) atoms. The van der Waals surface area contributed by atoms with E-state index in [9.17, 15) is 15.0 Å². The Kier molecular flexibility index (Phi) is 9.40. The lowest BCUT2D eigenvalue weighted by atomic mass is 9.44. The third-order valence-corrected chi connectivity index (χ3v) is 9.35. The number of ketones is 1. The second-order valence-corrected chi connectivity index (χ2v) is 11.9. The van der Waals surface area contributed by atoms with Gasteiger partial charge < -0.3 is 20.0 Å². The van der Waals surface area contributed by atoms with Crippen molar-refractivity contribution in [3.8, 4) is 11.5 Å². The zero-order valence-corrected chi connectivity index (χ0v) is 23.1. The first-order valence-electron chi connectivity index (χ1n) is 12.5. The van der Waals surface area contributed by atoms with E-state index in [2.05, 4.69) is 44.5 Å². The van der Waals surface area contributed by atoms with Gasteiger partial charge in [0.05, 0.1) is 0 Å². The summed E-state index contributed by atoms with van der Waals surface area (Å²) in [7, 11) is 2.19. The molecule has 1 aromatic rings. The smallest absolute Gasteiger partial charge is 0.167 e. The topological polar surface area (TPSA) is 64.0 Å². The van der Waals surface area contributed by atoms with Crippen LogP contribution in [0.5, 0.6) is 11.5 Å². The van der Waals surface area contributed by atoms with Gasteiger partial charge in [-0.15, -0.1) is 24.8 Å². The van der Waals surface area contributed by atoms with Crippen LogP contribution < -0.4 is 0 Å². The number of Topliss-reactive ketones (excluding diaryl/α,β-unsaturated/α-hetero) is 1. The van der Waals surface area contributed by atoms with Gasteiger partial charge in [0.1, 0.15) is 11.5 Å². The van der Waals surface area contributed by atoms with E-state index >= 15 is 0 Å². The number of nitrogens with zero attached hydrogens (tertiary/aromatic N) is 2. The zero-order valence-electron chi connectivity index (χ0n) is 21.4. The molecule has 0 spiro atoms. The van der Waals surface area contributed by atoms with Gasteiger partial charge in [0.15, 0.2) is 5.78 Å². The van der Waals surface area contributed by atoms with E-state index in [1.165, 1.54) is 31.0 Å². The van der Waals surface area contributed by atoms with Crippen molar-refractivity contribution in [2.24, 2.45) is 34.5 Å². The van der Waals surface area contributed by atoms with Gasteiger partial charge in [-0.25, -0.2) is 0 Å². The van der Waals surface area contributed by atoms with E-state index in [0.717, 1.165) is 45.6 Å². The highest BCUT2D eigenvalue weighted by atomic mass is 35.5. The molecule has 2 saturated carbocycles. The number of rotatable bonds is 4. The fourth-order valence-electron chi connectivity index (χ4n) is 7.57. The largest absolute Gasteiger partial charge is 0.508 e. The molecule has 3 aliphatic rings. The summed E-state index contributed by atoms with van der Waals surface area (Å²) in [4.78, 5) is 19.0. The first-order chi connectivity index (χ1) is 15.0. The second-order valence-electron chi connectivity index (χ2n) is 11.9. The third kappa shape index (κ3) is 5.53. The van der Waals surface area contributed by atoms with Crippen LogP contribution in [0.3, 0.4) is 0 Å². The van der Waals surface area contributed by atoms with Crippen molar-refractivity contribution in [1.82, 2.24) is 9.80 Å². The number of likely N-dealkylation sites (N-methyl/N-ethyl adjacent to an activating group) is 1. The molecular formula is C27H44Cl2N2O3. The lowest BCUT2D eigenvalue weighted by molar-refractivity contribution is -0.107. The molecule has 3 fully saturated rings. The Morgan fingerprint density at radius 2 is 1.59 bits per heavy atom. The first kappa shape index (κ1) is 29.2. The molecule has 2 aliphatic carbocycles. The number of hydrogen-bond acceptors (Lipinski definition) is 5. The lowest BCUT2D eigenvalue weighted by Gasteiger charge is -2.61. The van der Waals surface area contributed by atoms with Crippen molar-refractivity contribution in [3.05, 3.63) is 23.8 Å². The standard InChI is InChI=1S/C27H42N2O3.2ClH/c1-18-20(17-29-11-9-28(5)10-12-29)15-23-26(2,3)7-6-8-27(23,4)24(18)25(32)19-13-21(30)16-22(31)14-19;;/h13-14,16,18,20,23-24,30-31H,6-12,15,17H2,1-5H3;2*1H/t18-,20+,23-,24+,27+;;/m0../s1. The molecule has 2 N–H and O–H groups in total. The summed E-state index contributed by atoms with van der Waals surface area (Å²) < 4.78 is 0. The number of phenolic OH excluding ortho intramolecular Hbond substituents is 2. The van der Waals surface area contributed by atoms with Crippen molar-refractivity contribution in [2.75, 3.05) is 39.8 Å². The van der Waals surface area contributed by atoms with E-state index < -0.39 is 0 Å². The maximum absolute atomic E-state index is 14.0. The molecule has 1 heterocycles. The molecule has 194 valence electrons. The fraction of sp³-hybridized carbons (Fsp3) is 0.741. The average molecular weight is 516 g/mol. The summed E-state index contributed by atoms with van der Waals surface area (Å²) in [6.45, 7) is 14.9. The van der Waals surface area contributed by atoms with Gasteiger partial charge in [0.2, 0.25) is 0 Å². The predicted molar refractivity (Wildman–Crippen MR) is 143 cm³/mol. The van der Waals surface area contributed by atoms with Gasteiger partial charge in [-0.2, -0.15) is 0 Å². The van der Waals surface area contributed by atoms with E-state index in [4.69, 9.17) is 0 Å². The summed E-state index contributed by atoms with van der Waals surface area (Å²) in [6, 6.07) is 4.36. The Labute approximate surface area is 218 Å². The highest BCUT2D eigenvalue weighted by Crippen LogP contribution is 2.63. The van der Waals surface area contributed by atoms with Gasteiger partial charge in [-0.3, -0.25) is 4.79 Å². The number of piperazine rings is 1. The molecule has 0 radical (unpaired) electrons. The molecular weight excluding hydrogens is 471 g/mol. The van der Waals surface area contributed by atoms with Crippen LogP contribution in [0.2, 0.25) is 0 Å². The average Bonchev–Trinajstić information content (AvgIpc) is 2.70. The van der Waals surface area contributed by atoms with Crippen LogP contribution in [0, 0.1) is 34.5 Å². The summed E-state index contributed by atoms with van der Waals surface area (Å²) in [5, 5.41) is 20.1. The molecule has 1 aromatic carbocycles. The molecule has 0 bridgehead atoms. The van der Waals surface area contributed by atoms with Crippen LogP contribution in [-0.4, -0.2) is 65.6 Å². The van der Waals surface area contributed by atoms with Crippen LogP contribution in [0.15, 0.2) is 18.2 Å². The minimum Gasteiger partial charge on any atom is -0.508 e. The van der Waals surface area contributed by atoms with Gasteiger partial charge in [-0.05, 0) is 67.0 Å². The number of carbonyl (C=O) groups excluding carboxylic acids is 1. The van der Waals surface area contributed by atoms with Crippen LogP contribution in [0.4, 0.5) is 0 Å². The van der Waals surface area contributed by atoms with E-state index in [0.29, 0.717) is 17.4 Å². The van der Waals surface area contributed by atoms with Gasteiger partial charge in [0.25, 0.3) is 0 Å². The van der Waals surface area contributed by atoms with Crippen LogP contribution in [-0.2, 0) is 0 Å². The van der Waals surface area contributed by atoms with Gasteiger partial charge in [-0.1, -0.05) is 34.1 Å². The highest BCUT2D eigenvalue weighted by molar-refractivity contribution is 5.99. The van der Waals surface area contributed by atoms with Gasteiger partial charge >= 0.3 is 0 Å². The first-order valence-corrected chi connectivity index (χ1v) is 12.5. The third-order valence-electron chi connectivity index (χ3n) is 9.35. The Morgan fingerprint density at radius 1 is 1.00 bits per heavy atom. The number of aromatic hydroxyl groups is 2. The monoisotopic (exact) mass is 514 g/mol. The number of hydrogen-bond donors (Lipinski definition) is 2. The van der Waals surface area contributed by atoms with Gasteiger partial charge in [0, 0.05) is 50.3 Å². The van der Waals surface area contributed by atoms with Crippen molar-refractivity contribution >= 4 is 30.6 Å². The van der Waals surface area contributed by atoms with E-state index in [-0.39, 0.29) is 64.8 Å². The normalized spacial score (nSPS) is 33.8.